The average Bonchev–Trinajstić information content (AvgIpc) is 3.04. The van der Waals surface area contributed by atoms with Crippen molar-refractivity contribution in [3.05, 3.63) is 41.2 Å². The molecule has 2 heterocycles. The van der Waals surface area contributed by atoms with Crippen molar-refractivity contribution in [1.82, 2.24) is 15.5 Å². The van der Waals surface area contributed by atoms with Crippen LogP contribution in [0.15, 0.2) is 28.8 Å². The molecule has 4 rings (SSSR count). The van der Waals surface area contributed by atoms with Crippen LogP contribution in [0.1, 0.15) is 36.2 Å². The quantitative estimate of drug-likeness (QED) is 0.944. The summed E-state index contributed by atoms with van der Waals surface area (Å²) >= 11 is 0. The first-order chi connectivity index (χ1) is 10.9. The molecular formula is C18H21N3O. The van der Waals surface area contributed by atoms with E-state index in [-0.39, 0.29) is 0 Å². The van der Waals surface area contributed by atoms with E-state index in [1.54, 1.807) is 0 Å². The third-order valence-electron chi connectivity index (χ3n) is 4.67. The van der Waals surface area contributed by atoms with Gasteiger partial charge in [-0.3, -0.25) is 0 Å². The molecule has 4 nitrogen and oxygen atoms in total. The molecule has 2 aromatic rings. The molecule has 0 bridgehead atoms. The van der Waals surface area contributed by atoms with Gasteiger partial charge in [0.1, 0.15) is 0 Å². The van der Waals surface area contributed by atoms with E-state index < -0.39 is 0 Å². The molecule has 0 atom stereocenters. The zero-order valence-corrected chi connectivity index (χ0v) is 12.7. The molecule has 114 valence electrons. The molecule has 1 saturated heterocycles. The van der Waals surface area contributed by atoms with Crippen LogP contribution >= 0.6 is 0 Å². The highest BCUT2D eigenvalue weighted by atomic mass is 16.5. The zero-order valence-electron chi connectivity index (χ0n) is 12.7. The van der Waals surface area contributed by atoms with Gasteiger partial charge in [0.2, 0.25) is 0 Å². The maximum atomic E-state index is 5.49. The van der Waals surface area contributed by atoms with Crippen LogP contribution in [0.3, 0.4) is 0 Å². The molecule has 1 aromatic carbocycles. The summed E-state index contributed by atoms with van der Waals surface area (Å²) in [5, 5.41) is 7.57. The van der Waals surface area contributed by atoms with E-state index in [1.165, 1.54) is 24.0 Å². The second kappa shape index (κ2) is 6.05. The van der Waals surface area contributed by atoms with Crippen molar-refractivity contribution in [2.45, 2.75) is 32.1 Å². The normalized spacial score (nSPS) is 18.4. The first kappa shape index (κ1) is 13.7. The average molecular weight is 295 g/mol. The number of allylic oxidation sites excluding steroid dienone is 1. The van der Waals surface area contributed by atoms with Crippen molar-refractivity contribution in [1.29, 1.82) is 0 Å². The highest BCUT2D eigenvalue weighted by Crippen LogP contribution is 2.26. The number of benzene rings is 1. The third kappa shape index (κ3) is 2.83. The van der Waals surface area contributed by atoms with Gasteiger partial charge in [0.25, 0.3) is 5.89 Å². The van der Waals surface area contributed by atoms with E-state index >= 15 is 0 Å². The lowest BCUT2D eigenvalue weighted by molar-refractivity contribution is 0.356. The Hall–Kier alpha value is -1.94. The third-order valence-corrected chi connectivity index (χ3v) is 4.67. The Morgan fingerprint density at radius 1 is 1.23 bits per heavy atom. The van der Waals surface area contributed by atoms with Crippen LogP contribution in [0.5, 0.6) is 0 Å². The first-order valence-corrected chi connectivity index (χ1v) is 8.21. The van der Waals surface area contributed by atoms with Crippen molar-refractivity contribution < 1.29 is 4.52 Å². The Labute approximate surface area is 130 Å². The van der Waals surface area contributed by atoms with Crippen LogP contribution in [0.2, 0.25) is 0 Å². The summed E-state index contributed by atoms with van der Waals surface area (Å²) in [5.41, 5.74) is 3.72. The molecule has 0 saturated carbocycles. The summed E-state index contributed by atoms with van der Waals surface area (Å²) in [5.74, 6) is 2.18. The number of hydrogen-bond acceptors (Lipinski definition) is 4. The van der Waals surface area contributed by atoms with Gasteiger partial charge >= 0.3 is 0 Å². The number of aromatic nitrogens is 2. The van der Waals surface area contributed by atoms with E-state index in [9.17, 15) is 0 Å². The SMILES string of the molecule is C1=Cc2ccc(-c3nc(CC4CCNCC4)no3)cc2CC1. The number of fused-ring (bicyclic) bond motifs is 1. The minimum atomic E-state index is 0.654. The van der Waals surface area contributed by atoms with Crippen molar-refractivity contribution >= 4 is 6.08 Å². The monoisotopic (exact) mass is 295 g/mol. The summed E-state index contributed by atoms with van der Waals surface area (Å²) in [6.45, 7) is 2.21. The molecular weight excluding hydrogens is 274 g/mol. The number of nitrogens with one attached hydrogen (secondary N) is 1. The highest BCUT2D eigenvalue weighted by molar-refractivity contribution is 5.63. The fraction of sp³-hybridized carbons (Fsp3) is 0.444. The van der Waals surface area contributed by atoms with Crippen molar-refractivity contribution in [2.24, 2.45) is 5.92 Å². The van der Waals surface area contributed by atoms with E-state index in [0.29, 0.717) is 11.8 Å². The minimum absolute atomic E-state index is 0.654. The molecule has 2 aliphatic rings. The second-order valence-corrected chi connectivity index (χ2v) is 6.27. The number of piperidine rings is 1. The molecule has 1 aromatic heterocycles. The standard InChI is InChI=1S/C18H21N3O/c1-2-4-15-12-16(6-5-14(15)3-1)18-20-17(21-22-18)11-13-7-9-19-10-8-13/h1,3,5-6,12-13,19H,2,4,7-11H2. The van der Waals surface area contributed by atoms with Crippen LogP contribution in [0.25, 0.3) is 17.5 Å². The minimum Gasteiger partial charge on any atom is -0.334 e. The van der Waals surface area contributed by atoms with E-state index in [0.717, 1.165) is 43.7 Å². The Morgan fingerprint density at radius 3 is 3.05 bits per heavy atom. The molecule has 1 aliphatic heterocycles. The lowest BCUT2D eigenvalue weighted by Crippen LogP contribution is -2.28. The summed E-state index contributed by atoms with van der Waals surface area (Å²) in [6, 6.07) is 6.42. The Bertz CT molecular complexity index is 683. The van der Waals surface area contributed by atoms with Gasteiger partial charge in [-0.1, -0.05) is 23.4 Å². The maximum absolute atomic E-state index is 5.49. The van der Waals surface area contributed by atoms with Crippen LogP contribution < -0.4 is 5.32 Å². The molecule has 0 unspecified atom stereocenters. The van der Waals surface area contributed by atoms with Crippen LogP contribution in [-0.2, 0) is 12.8 Å². The topological polar surface area (TPSA) is 51.0 Å². The molecule has 0 radical (unpaired) electrons. The Balaban J connectivity index is 1.52. The lowest BCUT2D eigenvalue weighted by Gasteiger charge is -2.20. The molecule has 0 amide bonds. The van der Waals surface area contributed by atoms with Crippen molar-refractivity contribution in [3.8, 4) is 11.5 Å². The number of hydrogen-bond donors (Lipinski definition) is 1. The zero-order chi connectivity index (χ0) is 14.8. The number of rotatable bonds is 3. The predicted molar refractivity (Wildman–Crippen MR) is 86.4 cm³/mol. The maximum Gasteiger partial charge on any atom is 0.257 e. The van der Waals surface area contributed by atoms with Crippen molar-refractivity contribution in [3.63, 3.8) is 0 Å². The van der Waals surface area contributed by atoms with Gasteiger partial charge in [0.05, 0.1) is 0 Å². The largest absolute Gasteiger partial charge is 0.334 e. The van der Waals surface area contributed by atoms with E-state index in [4.69, 9.17) is 4.52 Å². The van der Waals surface area contributed by atoms with Gasteiger partial charge in [-0.15, -0.1) is 0 Å². The molecule has 0 spiro atoms. The van der Waals surface area contributed by atoms with Crippen LogP contribution in [0, 0.1) is 5.92 Å². The Morgan fingerprint density at radius 2 is 2.14 bits per heavy atom. The molecule has 1 aliphatic carbocycles. The fourth-order valence-corrected chi connectivity index (χ4v) is 3.37. The summed E-state index contributed by atoms with van der Waals surface area (Å²) in [6.07, 6.45) is 9.96. The highest BCUT2D eigenvalue weighted by Gasteiger charge is 2.18. The van der Waals surface area contributed by atoms with E-state index in [1.807, 2.05) is 0 Å². The smallest absolute Gasteiger partial charge is 0.257 e. The lowest BCUT2D eigenvalue weighted by atomic mass is 9.94. The number of aryl methyl sites for hydroxylation is 1. The van der Waals surface area contributed by atoms with Gasteiger partial charge in [-0.25, -0.2) is 0 Å². The van der Waals surface area contributed by atoms with Gasteiger partial charge in [-0.05, 0) is 68.0 Å². The number of nitrogens with zero attached hydrogens (tertiary/aromatic N) is 2. The molecule has 1 fully saturated rings. The summed E-state index contributed by atoms with van der Waals surface area (Å²) in [4.78, 5) is 4.61. The van der Waals surface area contributed by atoms with Gasteiger partial charge in [-0.2, -0.15) is 4.98 Å². The van der Waals surface area contributed by atoms with Crippen LogP contribution in [0.4, 0.5) is 0 Å². The van der Waals surface area contributed by atoms with Crippen LogP contribution in [-0.4, -0.2) is 23.2 Å². The second-order valence-electron chi connectivity index (χ2n) is 6.27. The van der Waals surface area contributed by atoms with Gasteiger partial charge in [0.15, 0.2) is 5.82 Å². The van der Waals surface area contributed by atoms with E-state index in [2.05, 4.69) is 45.8 Å². The molecule has 22 heavy (non-hydrogen) atoms. The van der Waals surface area contributed by atoms with Gasteiger partial charge in [0, 0.05) is 12.0 Å². The first-order valence-electron chi connectivity index (χ1n) is 8.21. The summed E-state index contributed by atoms with van der Waals surface area (Å²) < 4.78 is 5.49. The Kier molecular flexibility index (Phi) is 3.77. The van der Waals surface area contributed by atoms with Crippen molar-refractivity contribution in [2.75, 3.05) is 13.1 Å². The molecule has 4 heteroatoms. The summed E-state index contributed by atoms with van der Waals surface area (Å²) in [7, 11) is 0. The predicted octanol–water partition coefficient (Wildman–Crippen LogP) is 3.24. The molecule has 1 N–H and O–H groups in total. The fourth-order valence-electron chi connectivity index (χ4n) is 3.37. The van der Waals surface area contributed by atoms with Gasteiger partial charge < -0.3 is 9.84 Å².